The fraction of sp³-hybridized carbons (Fsp3) is 0.714. The normalized spacial score (nSPS) is 21.6. The number of rotatable bonds is 1. The lowest BCUT2D eigenvalue weighted by Crippen LogP contribution is -3.00. The van der Waals surface area contributed by atoms with Gasteiger partial charge in [-0.15, -0.1) is 0 Å². The molecule has 0 spiro atoms. The Bertz CT molecular complexity index is 246. The Morgan fingerprint density at radius 3 is 1.73 bits per heavy atom. The molecule has 1 fully saturated rings. The number of ether oxygens (including phenoxy) is 2. The van der Waals surface area contributed by atoms with Crippen molar-refractivity contribution in [3.05, 3.63) is 0 Å². The van der Waals surface area contributed by atoms with Crippen molar-refractivity contribution < 1.29 is 47.6 Å². The second-order valence-electron chi connectivity index (χ2n) is 3.51. The van der Waals surface area contributed by atoms with Gasteiger partial charge in [0.15, 0.2) is 0 Å². The van der Waals surface area contributed by atoms with Crippen LogP contribution in [0.4, 0.5) is 0 Å². The van der Waals surface area contributed by atoms with E-state index in [1.54, 1.807) is 0 Å². The molecule has 5 N–H and O–H groups in total. The summed E-state index contributed by atoms with van der Waals surface area (Å²) in [6, 6.07) is 0. The molecule has 0 atom stereocenters. The topological polar surface area (TPSA) is 121 Å². The van der Waals surface area contributed by atoms with E-state index in [0.29, 0.717) is 5.48 Å². The summed E-state index contributed by atoms with van der Waals surface area (Å²) in [7, 11) is 0. The summed E-state index contributed by atoms with van der Waals surface area (Å²) >= 11 is 0. The zero-order valence-corrected chi connectivity index (χ0v) is 9.29. The van der Waals surface area contributed by atoms with Crippen molar-refractivity contribution in [3.63, 3.8) is 0 Å². The summed E-state index contributed by atoms with van der Waals surface area (Å²) in [6.07, 6.45) is 0. The molecule has 1 heterocycles. The fourth-order valence-electron chi connectivity index (χ4n) is 0.868. The van der Waals surface area contributed by atoms with Crippen LogP contribution >= 0.6 is 0 Å². The minimum Gasteiger partial charge on any atom is -1.00 e. The van der Waals surface area contributed by atoms with Crippen LogP contribution in [0.25, 0.3) is 0 Å². The van der Waals surface area contributed by atoms with Crippen LogP contribution in [0.2, 0.25) is 0 Å². The minimum atomic E-state index is -1.70. The molecule has 0 aromatic heterocycles. The maximum Gasteiger partial charge on any atom is 0.386 e. The third-order valence-electron chi connectivity index (χ3n) is 1.78. The Balaban J connectivity index is 0. The van der Waals surface area contributed by atoms with Crippen LogP contribution in [0.1, 0.15) is 20.8 Å². The van der Waals surface area contributed by atoms with Crippen molar-refractivity contribution in [2.45, 2.75) is 32.1 Å². The molecule has 0 amide bonds. The van der Waals surface area contributed by atoms with Crippen LogP contribution in [0.15, 0.2) is 0 Å². The van der Waals surface area contributed by atoms with Gasteiger partial charge >= 0.3 is 17.5 Å². The Hall–Kier alpha value is -0.890. The second-order valence-corrected chi connectivity index (χ2v) is 3.51. The van der Waals surface area contributed by atoms with Crippen LogP contribution in [0.3, 0.4) is 0 Å². The number of hydrogen-bond donors (Lipinski definition) is 2. The molecule has 0 bridgehead atoms. The van der Waals surface area contributed by atoms with E-state index >= 15 is 0 Å². The lowest BCUT2D eigenvalue weighted by atomic mass is 10.0. The summed E-state index contributed by atoms with van der Waals surface area (Å²) in [5.74, 6) is -2.87. The van der Waals surface area contributed by atoms with Crippen molar-refractivity contribution in [1.82, 2.24) is 0 Å². The van der Waals surface area contributed by atoms with E-state index in [4.69, 9.17) is 14.7 Å². The first-order valence-corrected chi connectivity index (χ1v) is 3.77. The number of hydrogen-bond acceptors (Lipinski definition) is 5. The number of cyclic esters (lactones) is 2. The third-order valence-corrected chi connectivity index (χ3v) is 1.78. The molecule has 0 radical (unpaired) electrons. The highest BCUT2D eigenvalue weighted by atomic mass is 35.5. The number of carbonyl (C=O) groups excluding carboxylic acids is 2. The first kappa shape index (κ1) is 16.5. The summed E-state index contributed by atoms with van der Waals surface area (Å²) in [5, 5.41) is 8.73. The van der Waals surface area contributed by atoms with E-state index in [1.807, 2.05) is 0 Å². The molecule has 1 saturated heterocycles. The predicted octanol–water partition coefficient (Wildman–Crippen LogP) is -5.29. The van der Waals surface area contributed by atoms with E-state index in [2.05, 4.69) is 0 Å². The maximum absolute atomic E-state index is 11.3. The molecule has 1 aliphatic rings. The SMILES string of the molecule is CC1(C)OC(=O)C(C)([NH2+]O)C(=O)O1.O.[Cl-]. The predicted molar refractivity (Wildman–Crippen MR) is 42.0 cm³/mol. The molecular weight excluding hydrogens is 230 g/mol. The van der Waals surface area contributed by atoms with Gasteiger partial charge in [0, 0.05) is 20.8 Å². The highest BCUT2D eigenvalue weighted by Crippen LogP contribution is 2.22. The number of hydroxylamine groups is 1. The van der Waals surface area contributed by atoms with Gasteiger partial charge < -0.3 is 27.4 Å². The standard InChI is InChI=1S/C7H11NO5.ClH.H2O/c1-6(2)12-4(9)7(3,8-11)5(10)13-6;;/h8,11H,1-3H3;1H;1H2. The van der Waals surface area contributed by atoms with Gasteiger partial charge in [-0.25, -0.2) is 14.8 Å². The van der Waals surface area contributed by atoms with E-state index in [0.717, 1.165) is 0 Å². The van der Waals surface area contributed by atoms with Crippen molar-refractivity contribution in [2.24, 2.45) is 0 Å². The lowest BCUT2D eigenvalue weighted by Gasteiger charge is -2.34. The van der Waals surface area contributed by atoms with Crippen molar-refractivity contribution in [3.8, 4) is 0 Å². The molecule has 0 aromatic rings. The second kappa shape index (κ2) is 4.75. The molecular formula is C7H14ClNO6. The Morgan fingerprint density at radius 2 is 1.47 bits per heavy atom. The number of halogens is 1. The van der Waals surface area contributed by atoms with E-state index in [1.165, 1.54) is 20.8 Å². The van der Waals surface area contributed by atoms with Gasteiger partial charge in [-0.1, -0.05) is 0 Å². The number of quaternary nitrogens is 1. The summed E-state index contributed by atoms with van der Waals surface area (Å²) in [4.78, 5) is 22.5. The van der Waals surface area contributed by atoms with Crippen LogP contribution in [0, 0.1) is 0 Å². The largest absolute Gasteiger partial charge is 1.00 e. The first-order valence-electron chi connectivity index (χ1n) is 3.77. The van der Waals surface area contributed by atoms with E-state index in [9.17, 15) is 9.59 Å². The number of nitrogens with two attached hydrogens (primary N) is 1. The average Bonchev–Trinajstić information content (AvgIpc) is 1.98. The van der Waals surface area contributed by atoms with Crippen molar-refractivity contribution in [1.29, 1.82) is 0 Å². The molecule has 1 rings (SSSR count). The maximum atomic E-state index is 11.3. The summed E-state index contributed by atoms with van der Waals surface area (Å²) < 4.78 is 9.55. The smallest absolute Gasteiger partial charge is 0.386 e. The van der Waals surface area contributed by atoms with Gasteiger partial charge in [-0.2, -0.15) is 5.48 Å². The minimum absolute atomic E-state index is 0. The molecule has 90 valence electrons. The van der Waals surface area contributed by atoms with Crippen molar-refractivity contribution >= 4 is 11.9 Å². The quantitative estimate of drug-likeness (QED) is 0.271. The molecule has 7 nitrogen and oxygen atoms in total. The van der Waals surface area contributed by atoms with Gasteiger partial charge in [-0.05, 0) is 0 Å². The molecule has 0 saturated carbocycles. The van der Waals surface area contributed by atoms with Crippen LogP contribution in [-0.4, -0.2) is 33.9 Å². The molecule has 1 aliphatic heterocycles. The number of esters is 2. The molecule has 0 aromatic carbocycles. The van der Waals surface area contributed by atoms with Crippen molar-refractivity contribution in [2.75, 3.05) is 0 Å². The average molecular weight is 244 g/mol. The first-order chi connectivity index (χ1) is 5.82. The van der Waals surface area contributed by atoms with Gasteiger partial charge in [0.1, 0.15) is 0 Å². The molecule has 8 heteroatoms. The Labute approximate surface area is 92.4 Å². The van der Waals surface area contributed by atoms with E-state index in [-0.39, 0.29) is 17.9 Å². The van der Waals surface area contributed by atoms with Gasteiger partial charge in [-0.3, -0.25) is 0 Å². The highest BCUT2D eigenvalue weighted by molar-refractivity contribution is 6.03. The molecule has 0 aliphatic carbocycles. The Kier molecular flexibility index (Phi) is 5.24. The van der Waals surface area contributed by atoms with Gasteiger partial charge in [0.05, 0.1) is 0 Å². The van der Waals surface area contributed by atoms with Crippen LogP contribution in [-0.2, 0) is 19.1 Å². The highest BCUT2D eigenvalue weighted by Gasteiger charge is 2.57. The third kappa shape index (κ3) is 2.78. The van der Waals surface area contributed by atoms with Gasteiger partial charge in [0.2, 0.25) is 0 Å². The Morgan fingerprint density at radius 1 is 1.13 bits per heavy atom. The zero-order chi connectivity index (χ0) is 10.3. The van der Waals surface area contributed by atoms with Crippen LogP contribution < -0.4 is 17.9 Å². The summed E-state index contributed by atoms with van der Waals surface area (Å²) in [5.41, 5.74) is -1.22. The molecule has 15 heavy (non-hydrogen) atoms. The molecule has 0 unspecified atom stereocenters. The van der Waals surface area contributed by atoms with Gasteiger partial charge in [0.25, 0.3) is 5.79 Å². The van der Waals surface area contributed by atoms with Crippen LogP contribution in [0.5, 0.6) is 0 Å². The van der Waals surface area contributed by atoms with E-state index < -0.39 is 23.3 Å². The monoisotopic (exact) mass is 243 g/mol. The summed E-state index contributed by atoms with van der Waals surface area (Å²) in [6.45, 7) is 4.12. The lowest BCUT2D eigenvalue weighted by molar-refractivity contribution is -0.916. The fourth-order valence-corrected chi connectivity index (χ4v) is 0.868. The number of carbonyl (C=O) groups is 2. The zero-order valence-electron chi connectivity index (χ0n) is 8.54.